The predicted octanol–water partition coefficient (Wildman–Crippen LogP) is 4.00. The van der Waals surface area contributed by atoms with Crippen molar-refractivity contribution in [2.75, 3.05) is 20.2 Å². The summed E-state index contributed by atoms with van der Waals surface area (Å²) in [6.07, 6.45) is 11.9. The van der Waals surface area contributed by atoms with Gasteiger partial charge in [-0.25, -0.2) is 0 Å². The number of nitrogens with zero attached hydrogens (tertiary/aromatic N) is 3. The number of aryl methyl sites for hydroxylation is 2. The molecule has 1 saturated heterocycles. The van der Waals surface area contributed by atoms with Gasteiger partial charge in [0.15, 0.2) is 0 Å². The maximum Gasteiger partial charge on any atom is 0.137 e. The van der Waals surface area contributed by atoms with E-state index < -0.39 is 0 Å². The van der Waals surface area contributed by atoms with Crippen molar-refractivity contribution in [2.24, 2.45) is 0 Å². The Bertz CT molecular complexity index is 601. The predicted molar refractivity (Wildman–Crippen MR) is 109 cm³/mol. The standard InChI is InChI=1S/C18H23N3O.3ClH/c1-21-10-2-3-17(21)14-22-18-11-16(12-20-13-18)5-4-15-6-8-19-9-7-15;;;/h6-9,11-13,17H,2-5,10,14H2,1H3;3*1H/t17-;;;/m0.../s1. The second-order valence-electron chi connectivity index (χ2n) is 5.97. The molecule has 0 bridgehead atoms. The number of aromatic nitrogens is 2. The van der Waals surface area contributed by atoms with Crippen LogP contribution in [0.15, 0.2) is 43.0 Å². The lowest BCUT2D eigenvalue weighted by Gasteiger charge is -2.19. The summed E-state index contributed by atoms with van der Waals surface area (Å²) in [5.41, 5.74) is 2.52. The normalized spacial score (nSPS) is 16.3. The Balaban J connectivity index is 0.00000192. The highest BCUT2D eigenvalue weighted by atomic mass is 35.5. The first-order valence-electron chi connectivity index (χ1n) is 7.97. The SMILES string of the molecule is CN1CCC[C@H]1COc1cncc(CCc2ccncc2)c1.Cl.Cl.Cl. The first-order chi connectivity index (χ1) is 10.8. The maximum atomic E-state index is 5.94. The summed E-state index contributed by atoms with van der Waals surface area (Å²) in [6.45, 7) is 1.93. The molecule has 140 valence electrons. The number of rotatable bonds is 6. The van der Waals surface area contributed by atoms with E-state index >= 15 is 0 Å². The summed E-state index contributed by atoms with van der Waals surface area (Å²) >= 11 is 0. The van der Waals surface area contributed by atoms with Crippen molar-refractivity contribution in [3.05, 3.63) is 54.1 Å². The van der Waals surface area contributed by atoms with Crippen molar-refractivity contribution in [2.45, 2.75) is 31.7 Å². The van der Waals surface area contributed by atoms with E-state index in [-0.39, 0.29) is 37.2 Å². The minimum absolute atomic E-state index is 0. The fourth-order valence-corrected chi connectivity index (χ4v) is 2.90. The molecule has 0 amide bonds. The van der Waals surface area contributed by atoms with Crippen LogP contribution in [0, 0.1) is 0 Å². The molecule has 3 heterocycles. The zero-order valence-corrected chi connectivity index (χ0v) is 16.8. The molecule has 1 atom stereocenters. The molecule has 1 aliphatic heterocycles. The number of likely N-dealkylation sites (N-methyl/N-ethyl adjacent to an activating group) is 1. The Morgan fingerprint density at radius 2 is 1.76 bits per heavy atom. The molecular formula is C18H26Cl3N3O. The topological polar surface area (TPSA) is 38.2 Å². The molecule has 2 aromatic rings. The first kappa shape index (κ1) is 23.9. The van der Waals surface area contributed by atoms with Crippen LogP contribution in [0.1, 0.15) is 24.0 Å². The lowest BCUT2D eigenvalue weighted by molar-refractivity contribution is 0.197. The van der Waals surface area contributed by atoms with Gasteiger partial charge in [-0.3, -0.25) is 9.97 Å². The molecule has 0 aliphatic carbocycles. The van der Waals surface area contributed by atoms with Crippen LogP contribution in [0.5, 0.6) is 5.75 Å². The van der Waals surface area contributed by atoms with Gasteiger partial charge in [0.05, 0.1) is 6.20 Å². The minimum Gasteiger partial charge on any atom is -0.490 e. The number of pyridine rings is 2. The van der Waals surface area contributed by atoms with Gasteiger partial charge in [-0.1, -0.05) is 0 Å². The summed E-state index contributed by atoms with van der Waals surface area (Å²) in [6, 6.07) is 6.77. The van der Waals surface area contributed by atoms with E-state index in [1.165, 1.54) is 30.5 Å². The second-order valence-corrected chi connectivity index (χ2v) is 5.97. The van der Waals surface area contributed by atoms with Crippen molar-refractivity contribution in [1.82, 2.24) is 14.9 Å². The number of ether oxygens (including phenoxy) is 1. The van der Waals surface area contributed by atoms with Crippen LogP contribution >= 0.6 is 37.2 Å². The summed E-state index contributed by atoms with van der Waals surface area (Å²) in [4.78, 5) is 10.7. The summed E-state index contributed by atoms with van der Waals surface area (Å²) in [7, 11) is 2.17. The van der Waals surface area contributed by atoms with Gasteiger partial charge in [0.1, 0.15) is 12.4 Å². The molecule has 0 saturated carbocycles. The Morgan fingerprint density at radius 3 is 2.44 bits per heavy atom. The Hall–Kier alpha value is -1.07. The fourth-order valence-electron chi connectivity index (χ4n) is 2.90. The van der Waals surface area contributed by atoms with Gasteiger partial charge in [0.2, 0.25) is 0 Å². The van der Waals surface area contributed by atoms with Crippen molar-refractivity contribution < 1.29 is 4.74 Å². The van der Waals surface area contributed by atoms with Gasteiger partial charge in [-0.05, 0) is 68.6 Å². The van der Waals surface area contributed by atoms with Gasteiger partial charge in [0.25, 0.3) is 0 Å². The Labute approximate surface area is 168 Å². The third-order valence-electron chi connectivity index (χ3n) is 4.34. The molecule has 1 fully saturated rings. The quantitative estimate of drug-likeness (QED) is 0.727. The van der Waals surface area contributed by atoms with Crippen LogP contribution in [0.25, 0.3) is 0 Å². The molecular weight excluding hydrogens is 381 g/mol. The minimum atomic E-state index is 0. The highest BCUT2D eigenvalue weighted by Crippen LogP contribution is 2.18. The van der Waals surface area contributed by atoms with E-state index in [0.717, 1.165) is 25.2 Å². The van der Waals surface area contributed by atoms with Crippen molar-refractivity contribution in [1.29, 1.82) is 0 Å². The third kappa shape index (κ3) is 7.37. The van der Waals surface area contributed by atoms with Crippen LogP contribution < -0.4 is 4.74 Å². The number of hydrogen-bond acceptors (Lipinski definition) is 4. The van der Waals surface area contributed by atoms with E-state index in [9.17, 15) is 0 Å². The summed E-state index contributed by atoms with van der Waals surface area (Å²) < 4.78 is 5.94. The molecule has 4 nitrogen and oxygen atoms in total. The monoisotopic (exact) mass is 405 g/mol. The molecule has 2 aromatic heterocycles. The largest absolute Gasteiger partial charge is 0.490 e. The molecule has 0 radical (unpaired) electrons. The van der Waals surface area contributed by atoms with E-state index in [1.807, 2.05) is 24.8 Å². The van der Waals surface area contributed by atoms with Crippen LogP contribution in [0.3, 0.4) is 0 Å². The molecule has 0 N–H and O–H groups in total. The van der Waals surface area contributed by atoms with Gasteiger partial charge in [-0.2, -0.15) is 0 Å². The highest BCUT2D eigenvalue weighted by Gasteiger charge is 2.21. The molecule has 1 aliphatic rings. The van der Waals surface area contributed by atoms with E-state index in [2.05, 4.69) is 40.1 Å². The number of likely N-dealkylation sites (tertiary alicyclic amines) is 1. The maximum absolute atomic E-state index is 5.94. The molecule has 0 spiro atoms. The Kier molecular flexibility index (Phi) is 11.8. The average molecular weight is 407 g/mol. The number of halogens is 3. The fraction of sp³-hybridized carbons (Fsp3) is 0.444. The number of hydrogen-bond donors (Lipinski definition) is 0. The third-order valence-corrected chi connectivity index (χ3v) is 4.34. The van der Waals surface area contributed by atoms with Crippen molar-refractivity contribution in [3.8, 4) is 5.75 Å². The van der Waals surface area contributed by atoms with Gasteiger partial charge < -0.3 is 9.64 Å². The average Bonchev–Trinajstić information content (AvgIpc) is 2.98. The van der Waals surface area contributed by atoms with Crippen LogP contribution in [-0.4, -0.2) is 41.1 Å². The molecule has 0 unspecified atom stereocenters. The summed E-state index contributed by atoms with van der Waals surface area (Å²) in [5, 5.41) is 0. The van der Waals surface area contributed by atoms with Crippen molar-refractivity contribution in [3.63, 3.8) is 0 Å². The van der Waals surface area contributed by atoms with Gasteiger partial charge in [-0.15, -0.1) is 37.2 Å². The molecule has 3 rings (SSSR count). The smallest absolute Gasteiger partial charge is 0.137 e. The van der Waals surface area contributed by atoms with Gasteiger partial charge in [0, 0.05) is 24.6 Å². The lowest BCUT2D eigenvalue weighted by atomic mass is 10.1. The highest BCUT2D eigenvalue weighted by molar-refractivity contribution is 5.86. The Morgan fingerprint density at radius 1 is 1.04 bits per heavy atom. The van der Waals surface area contributed by atoms with Crippen LogP contribution in [-0.2, 0) is 12.8 Å². The van der Waals surface area contributed by atoms with E-state index in [0.29, 0.717) is 6.04 Å². The molecule has 7 heteroatoms. The van der Waals surface area contributed by atoms with Crippen LogP contribution in [0.4, 0.5) is 0 Å². The second kappa shape index (κ2) is 12.3. The molecule has 25 heavy (non-hydrogen) atoms. The first-order valence-corrected chi connectivity index (χ1v) is 7.97. The molecule has 0 aromatic carbocycles. The van der Waals surface area contributed by atoms with E-state index in [1.54, 1.807) is 0 Å². The zero-order valence-electron chi connectivity index (χ0n) is 14.3. The van der Waals surface area contributed by atoms with E-state index in [4.69, 9.17) is 4.74 Å². The van der Waals surface area contributed by atoms with Crippen molar-refractivity contribution >= 4 is 37.2 Å². The zero-order chi connectivity index (χ0) is 15.2. The van der Waals surface area contributed by atoms with Crippen LogP contribution in [0.2, 0.25) is 0 Å². The lowest BCUT2D eigenvalue weighted by Crippen LogP contribution is -2.30. The van der Waals surface area contributed by atoms with Gasteiger partial charge >= 0.3 is 0 Å². The summed E-state index contributed by atoms with van der Waals surface area (Å²) in [5.74, 6) is 0.882.